The van der Waals surface area contributed by atoms with E-state index in [9.17, 15) is 0 Å². The number of ether oxygens (including phenoxy) is 2. The summed E-state index contributed by atoms with van der Waals surface area (Å²) in [6, 6.07) is 2.17. The Morgan fingerprint density at radius 3 is 2.83 bits per heavy atom. The summed E-state index contributed by atoms with van der Waals surface area (Å²) in [6.07, 6.45) is 3.15. The van der Waals surface area contributed by atoms with Gasteiger partial charge in [0, 0.05) is 34.0 Å². The van der Waals surface area contributed by atoms with Crippen LogP contribution in [0.25, 0.3) is 0 Å². The van der Waals surface area contributed by atoms with Crippen LogP contribution in [-0.2, 0) is 9.47 Å². The van der Waals surface area contributed by atoms with E-state index in [0.717, 1.165) is 36.9 Å². The van der Waals surface area contributed by atoms with Crippen molar-refractivity contribution in [2.75, 3.05) is 13.2 Å². The minimum atomic E-state index is 0.00870. The van der Waals surface area contributed by atoms with Gasteiger partial charge in [-0.05, 0) is 41.3 Å². The van der Waals surface area contributed by atoms with Gasteiger partial charge in [0.25, 0.3) is 0 Å². The monoisotopic (exact) mass is 333 g/mol. The van der Waals surface area contributed by atoms with Crippen LogP contribution in [0.4, 0.5) is 0 Å². The van der Waals surface area contributed by atoms with Crippen LogP contribution in [0.15, 0.2) is 15.9 Å². The second-order valence-corrected chi connectivity index (χ2v) is 6.47. The smallest absolute Gasteiger partial charge is 0.107 e. The highest BCUT2D eigenvalue weighted by Gasteiger charge is 2.26. The molecule has 2 atom stereocenters. The molecular formula is C13H20BrNO2S. The molecule has 1 aliphatic heterocycles. The summed E-state index contributed by atoms with van der Waals surface area (Å²) in [4.78, 5) is 1.21. The molecule has 2 heterocycles. The van der Waals surface area contributed by atoms with Gasteiger partial charge in [-0.2, -0.15) is 0 Å². The molecular weight excluding hydrogens is 314 g/mol. The standard InChI is InChI=1S/C13H20BrNO2S/c1-2-11(15)13(12-7-9(14)8-18-12)17-10-3-5-16-6-4-10/h7-8,10-11,13H,2-6,15H2,1H3. The molecule has 0 saturated carbocycles. The van der Waals surface area contributed by atoms with Crippen molar-refractivity contribution in [3.63, 3.8) is 0 Å². The Balaban J connectivity index is 2.04. The molecule has 2 N–H and O–H groups in total. The quantitative estimate of drug-likeness (QED) is 0.897. The topological polar surface area (TPSA) is 44.5 Å². The molecule has 2 rings (SSSR count). The number of halogens is 1. The number of hydrogen-bond acceptors (Lipinski definition) is 4. The highest BCUT2D eigenvalue weighted by molar-refractivity contribution is 9.10. The zero-order valence-electron chi connectivity index (χ0n) is 10.6. The van der Waals surface area contributed by atoms with Gasteiger partial charge in [0.05, 0.1) is 6.10 Å². The molecule has 2 unspecified atom stereocenters. The molecule has 102 valence electrons. The summed E-state index contributed by atoms with van der Waals surface area (Å²) in [6.45, 7) is 3.70. The highest BCUT2D eigenvalue weighted by Crippen LogP contribution is 2.32. The fourth-order valence-corrected chi connectivity index (χ4v) is 3.64. The molecule has 0 bridgehead atoms. The van der Waals surface area contributed by atoms with Gasteiger partial charge >= 0.3 is 0 Å². The second-order valence-electron chi connectivity index (χ2n) is 4.61. The van der Waals surface area contributed by atoms with Crippen molar-refractivity contribution in [2.45, 2.75) is 44.4 Å². The summed E-state index contributed by atoms with van der Waals surface area (Å²) in [5.41, 5.74) is 6.21. The van der Waals surface area contributed by atoms with Crippen LogP contribution in [0.5, 0.6) is 0 Å². The normalized spacial score (nSPS) is 20.8. The lowest BCUT2D eigenvalue weighted by Crippen LogP contribution is -2.34. The SMILES string of the molecule is CCC(N)C(OC1CCOCC1)c1cc(Br)cs1. The highest BCUT2D eigenvalue weighted by atomic mass is 79.9. The van der Waals surface area contributed by atoms with E-state index in [4.69, 9.17) is 15.2 Å². The largest absolute Gasteiger partial charge is 0.381 e. The van der Waals surface area contributed by atoms with E-state index in [1.54, 1.807) is 11.3 Å². The van der Waals surface area contributed by atoms with Crippen molar-refractivity contribution in [3.8, 4) is 0 Å². The Kier molecular flexibility index (Phi) is 5.63. The van der Waals surface area contributed by atoms with Crippen LogP contribution in [0.3, 0.4) is 0 Å². The Morgan fingerprint density at radius 2 is 2.28 bits per heavy atom. The van der Waals surface area contributed by atoms with Crippen LogP contribution in [0, 0.1) is 0 Å². The minimum Gasteiger partial charge on any atom is -0.381 e. The molecule has 0 radical (unpaired) electrons. The Morgan fingerprint density at radius 1 is 1.56 bits per heavy atom. The lowest BCUT2D eigenvalue weighted by molar-refractivity contribution is -0.0766. The summed E-state index contributed by atoms with van der Waals surface area (Å²) < 4.78 is 12.7. The van der Waals surface area contributed by atoms with Crippen LogP contribution < -0.4 is 5.73 Å². The lowest BCUT2D eigenvalue weighted by Gasteiger charge is -2.30. The van der Waals surface area contributed by atoms with Gasteiger partial charge in [-0.3, -0.25) is 0 Å². The Labute approximate surface area is 121 Å². The van der Waals surface area contributed by atoms with E-state index in [1.165, 1.54) is 4.88 Å². The molecule has 1 aromatic rings. The van der Waals surface area contributed by atoms with E-state index in [0.29, 0.717) is 0 Å². The van der Waals surface area contributed by atoms with Crippen LogP contribution in [0.1, 0.15) is 37.2 Å². The van der Waals surface area contributed by atoms with E-state index in [-0.39, 0.29) is 18.2 Å². The summed E-state index contributed by atoms with van der Waals surface area (Å²) in [7, 11) is 0. The second kappa shape index (κ2) is 7.01. The molecule has 1 fully saturated rings. The lowest BCUT2D eigenvalue weighted by atomic mass is 10.1. The molecule has 1 aromatic heterocycles. The summed E-state index contributed by atoms with van der Waals surface area (Å²) >= 11 is 5.20. The van der Waals surface area contributed by atoms with Crippen LogP contribution >= 0.6 is 27.3 Å². The Hall–Kier alpha value is 0.0600. The van der Waals surface area contributed by atoms with Gasteiger partial charge < -0.3 is 15.2 Å². The number of rotatable bonds is 5. The van der Waals surface area contributed by atoms with Gasteiger partial charge in [0.1, 0.15) is 6.10 Å². The van der Waals surface area contributed by atoms with Crippen molar-refractivity contribution < 1.29 is 9.47 Å². The van der Waals surface area contributed by atoms with Crippen LogP contribution in [0.2, 0.25) is 0 Å². The fraction of sp³-hybridized carbons (Fsp3) is 0.692. The average Bonchev–Trinajstić information content (AvgIpc) is 2.83. The zero-order chi connectivity index (χ0) is 13.0. The molecule has 0 aliphatic carbocycles. The zero-order valence-corrected chi connectivity index (χ0v) is 13.0. The van der Waals surface area contributed by atoms with Gasteiger partial charge in [-0.1, -0.05) is 6.92 Å². The summed E-state index contributed by atoms with van der Waals surface area (Å²) in [5, 5.41) is 2.08. The van der Waals surface area contributed by atoms with Gasteiger partial charge in [0.2, 0.25) is 0 Å². The van der Waals surface area contributed by atoms with E-state index in [1.807, 2.05) is 0 Å². The third-order valence-electron chi connectivity index (χ3n) is 3.24. The number of thiophene rings is 1. The maximum absolute atomic E-state index is 6.23. The first-order valence-electron chi connectivity index (χ1n) is 6.43. The Bertz CT molecular complexity index is 366. The molecule has 1 saturated heterocycles. The molecule has 0 spiro atoms. The van der Waals surface area contributed by atoms with Gasteiger partial charge in [0.15, 0.2) is 0 Å². The van der Waals surface area contributed by atoms with Crippen molar-refractivity contribution in [2.24, 2.45) is 5.73 Å². The predicted octanol–water partition coefficient (Wildman–Crippen LogP) is 3.48. The first kappa shape index (κ1) is 14.5. The molecule has 18 heavy (non-hydrogen) atoms. The van der Waals surface area contributed by atoms with Crippen molar-refractivity contribution >= 4 is 27.3 Å². The predicted molar refractivity (Wildman–Crippen MR) is 78.0 cm³/mol. The first-order chi connectivity index (χ1) is 8.70. The van der Waals surface area contributed by atoms with E-state index >= 15 is 0 Å². The van der Waals surface area contributed by atoms with Crippen molar-refractivity contribution in [3.05, 3.63) is 20.8 Å². The minimum absolute atomic E-state index is 0.00870. The fourth-order valence-electron chi connectivity index (χ4n) is 2.09. The first-order valence-corrected chi connectivity index (χ1v) is 8.10. The number of nitrogens with two attached hydrogens (primary N) is 1. The molecule has 0 amide bonds. The van der Waals surface area contributed by atoms with Crippen LogP contribution in [-0.4, -0.2) is 25.4 Å². The van der Waals surface area contributed by atoms with Crippen molar-refractivity contribution in [1.29, 1.82) is 0 Å². The third-order valence-corrected chi connectivity index (χ3v) is 4.99. The molecule has 1 aliphatic rings. The third kappa shape index (κ3) is 3.78. The van der Waals surface area contributed by atoms with E-state index < -0.39 is 0 Å². The average molecular weight is 334 g/mol. The summed E-state index contributed by atoms with van der Waals surface area (Å²) in [5.74, 6) is 0. The maximum Gasteiger partial charge on any atom is 0.107 e. The van der Waals surface area contributed by atoms with Gasteiger partial charge in [-0.25, -0.2) is 0 Å². The molecule has 0 aromatic carbocycles. The van der Waals surface area contributed by atoms with E-state index in [2.05, 4.69) is 34.3 Å². The molecule has 5 heteroatoms. The van der Waals surface area contributed by atoms with Crippen molar-refractivity contribution in [1.82, 2.24) is 0 Å². The number of hydrogen-bond donors (Lipinski definition) is 1. The van der Waals surface area contributed by atoms with Gasteiger partial charge in [-0.15, -0.1) is 11.3 Å². The molecule has 3 nitrogen and oxygen atoms in total. The maximum atomic E-state index is 6.23.